The zero-order valence-corrected chi connectivity index (χ0v) is 12.8. The van der Waals surface area contributed by atoms with Crippen LogP contribution in [0, 0.1) is 0 Å². The summed E-state index contributed by atoms with van der Waals surface area (Å²) in [6.07, 6.45) is -0.732. The Labute approximate surface area is 128 Å². The zero-order valence-electron chi connectivity index (χ0n) is 12.8. The summed E-state index contributed by atoms with van der Waals surface area (Å²) >= 11 is 0. The number of amides is 2. The smallest absolute Gasteiger partial charge is 0.408 e. The predicted octanol–water partition coefficient (Wildman–Crippen LogP) is 1.63. The molecule has 0 spiro atoms. The number of alkyl carbamates (subject to hydrolysis) is 1. The van der Waals surface area contributed by atoms with Gasteiger partial charge in [0, 0.05) is 5.69 Å². The molecule has 0 heterocycles. The molecule has 0 fully saturated rings. The molecule has 120 valence electrons. The molecule has 1 aromatic rings. The Morgan fingerprint density at radius 2 is 1.77 bits per heavy atom. The molecule has 0 aliphatic heterocycles. The molecule has 2 N–H and O–H groups in total. The first-order valence-corrected chi connectivity index (χ1v) is 6.73. The second-order valence-electron chi connectivity index (χ2n) is 5.56. The van der Waals surface area contributed by atoms with Gasteiger partial charge in [0.2, 0.25) is 5.91 Å². The molecule has 22 heavy (non-hydrogen) atoms. The molecule has 0 bridgehead atoms. The third-order valence-electron chi connectivity index (χ3n) is 2.45. The number of carboxylic acid groups (broad SMARTS) is 1. The number of anilines is 1. The lowest BCUT2D eigenvalue weighted by Gasteiger charge is -2.22. The van der Waals surface area contributed by atoms with Gasteiger partial charge in [0.25, 0.3) is 0 Å². The van der Waals surface area contributed by atoms with Crippen LogP contribution in [-0.2, 0) is 14.3 Å². The van der Waals surface area contributed by atoms with E-state index in [0.29, 0.717) is 5.69 Å². The van der Waals surface area contributed by atoms with Gasteiger partial charge in [0.15, 0.2) is 0 Å². The summed E-state index contributed by atoms with van der Waals surface area (Å²) in [5.41, 5.74) is -0.228. The number of carbonyl (C=O) groups excluding carboxylic acids is 2. The monoisotopic (exact) mass is 308 g/mol. The van der Waals surface area contributed by atoms with Crippen LogP contribution < -0.4 is 10.2 Å². The van der Waals surface area contributed by atoms with E-state index in [2.05, 4.69) is 5.32 Å². The van der Waals surface area contributed by atoms with Crippen LogP contribution in [-0.4, -0.2) is 41.8 Å². The molecule has 0 atom stereocenters. The van der Waals surface area contributed by atoms with Gasteiger partial charge in [-0.1, -0.05) is 18.2 Å². The molecule has 0 saturated heterocycles. The topological polar surface area (TPSA) is 95.9 Å². The minimum Gasteiger partial charge on any atom is -0.480 e. The fourth-order valence-electron chi connectivity index (χ4n) is 1.62. The van der Waals surface area contributed by atoms with Crippen LogP contribution in [0.5, 0.6) is 0 Å². The Balaban J connectivity index is 2.69. The van der Waals surface area contributed by atoms with E-state index in [1.807, 2.05) is 0 Å². The van der Waals surface area contributed by atoms with Crippen LogP contribution in [0.15, 0.2) is 30.3 Å². The lowest BCUT2D eigenvalue weighted by atomic mass is 10.2. The Hall–Kier alpha value is -2.57. The van der Waals surface area contributed by atoms with Gasteiger partial charge < -0.3 is 15.2 Å². The van der Waals surface area contributed by atoms with Crippen molar-refractivity contribution in [2.24, 2.45) is 0 Å². The standard InChI is InChI=1S/C15H20N2O5/c1-15(2,3)22-14(21)16-9-12(18)17(10-13(19)20)11-7-5-4-6-8-11/h4-8H,9-10H2,1-3H3,(H,16,21)(H,19,20). The first kappa shape index (κ1) is 17.5. The maximum Gasteiger partial charge on any atom is 0.408 e. The number of aliphatic carboxylic acids is 1. The number of carbonyl (C=O) groups is 3. The van der Waals surface area contributed by atoms with Gasteiger partial charge in [-0.05, 0) is 32.9 Å². The normalized spacial score (nSPS) is 10.7. The highest BCUT2D eigenvalue weighted by Crippen LogP contribution is 2.13. The van der Waals surface area contributed by atoms with Crippen molar-refractivity contribution in [2.45, 2.75) is 26.4 Å². The third-order valence-corrected chi connectivity index (χ3v) is 2.45. The quantitative estimate of drug-likeness (QED) is 0.862. The molecule has 1 aromatic carbocycles. The molecule has 7 nitrogen and oxygen atoms in total. The lowest BCUT2D eigenvalue weighted by Crippen LogP contribution is -2.44. The summed E-state index contributed by atoms with van der Waals surface area (Å²) < 4.78 is 5.02. The van der Waals surface area contributed by atoms with Gasteiger partial charge in [-0.15, -0.1) is 0 Å². The predicted molar refractivity (Wildman–Crippen MR) is 80.7 cm³/mol. The van der Waals surface area contributed by atoms with Crippen molar-refractivity contribution in [3.05, 3.63) is 30.3 Å². The average molecular weight is 308 g/mol. The average Bonchev–Trinajstić information content (AvgIpc) is 2.41. The third kappa shape index (κ3) is 6.25. The van der Waals surface area contributed by atoms with Crippen molar-refractivity contribution in [3.8, 4) is 0 Å². The fraction of sp³-hybridized carbons (Fsp3) is 0.400. The molecule has 7 heteroatoms. The second kappa shape index (κ2) is 7.44. The Bertz CT molecular complexity index is 537. The van der Waals surface area contributed by atoms with Gasteiger partial charge in [0.05, 0.1) is 0 Å². The lowest BCUT2D eigenvalue weighted by molar-refractivity contribution is -0.136. The Morgan fingerprint density at radius 1 is 1.18 bits per heavy atom. The highest BCUT2D eigenvalue weighted by Gasteiger charge is 2.21. The molecule has 0 unspecified atom stereocenters. The molecule has 1 rings (SSSR count). The fourth-order valence-corrected chi connectivity index (χ4v) is 1.62. The largest absolute Gasteiger partial charge is 0.480 e. The summed E-state index contributed by atoms with van der Waals surface area (Å²) in [6, 6.07) is 8.38. The number of nitrogens with zero attached hydrogens (tertiary/aromatic N) is 1. The summed E-state index contributed by atoms with van der Waals surface area (Å²) in [5, 5.41) is 11.2. The SMILES string of the molecule is CC(C)(C)OC(=O)NCC(=O)N(CC(=O)O)c1ccccc1. The van der Waals surface area contributed by atoms with E-state index in [1.54, 1.807) is 51.1 Å². The van der Waals surface area contributed by atoms with E-state index in [0.717, 1.165) is 4.90 Å². The summed E-state index contributed by atoms with van der Waals surface area (Å²) in [7, 11) is 0. The number of hydrogen-bond acceptors (Lipinski definition) is 4. The number of benzene rings is 1. The maximum absolute atomic E-state index is 12.1. The van der Waals surface area contributed by atoms with Crippen LogP contribution in [0.1, 0.15) is 20.8 Å². The zero-order chi connectivity index (χ0) is 16.8. The molecule has 0 aliphatic carbocycles. The summed E-state index contributed by atoms with van der Waals surface area (Å²) in [6.45, 7) is 4.27. The Kier molecular flexibility index (Phi) is 5.91. The second-order valence-corrected chi connectivity index (χ2v) is 5.56. The van der Waals surface area contributed by atoms with Crippen LogP contribution >= 0.6 is 0 Å². The van der Waals surface area contributed by atoms with Crippen LogP contribution in [0.25, 0.3) is 0 Å². The number of rotatable bonds is 5. The van der Waals surface area contributed by atoms with Gasteiger partial charge >= 0.3 is 12.1 Å². The van der Waals surface area contributed by atoms with E-state index in [-0.39, 0.29) is 6.54 Å². The molecular formula is C15H20N2O5. The van der Waals surface area contributed by atoms with Crippen molar-refractivity contribution >= 4 is 23.7 Å². The van der Waals surface area contributed by atoms with E-state index in [9.17, 15) is 14.4 Å². The van der Waals surface area contributed by atoms with Crippen molar-refractivity contribution < 1.29 is 24.2 Å². The van der Waals surface area contributed by atoms with Gasteiger partial charge in [-0.2, -0.15) is 0 Å². The number of ether oxygens (including phenoxy) is 1. The van der Waals surface area contributed by atoms with Gasteiger partial charge in [0.1, 0.15) is 18.7 Å². The molecule has 0 aliphatic rings. The number of carboxylic acids is 1. The van der Waals surface area contributed by atoms with Crippen molar-refractivity contribution in [2.75, 3.05) is 18.0 Å². The maximum atomic E-state index is 12.1. The van der Waals surface area contributed by atoms with E-state index in [4.69, 9.17) is 9.84 Å². The first-order valence-electron chi connectivity index (χ1n) is 6.73. The van der Waals surface area contributed by atoms with Crippen molar-refractivity contribution in [1.29, 1.82) is 0 Å². The molecule has 0 saturated carbocycles. The number of nitrogens with one attached hydrogen (secondary N) is 1. The van der Waals surface area contributed by atoms with E-state index >= 15 is 0 Å². The number of hydrogen-bond donors (Lipinski definition) is 2. The summed E-state index contributed by atoms with van der Waals surface area (Å²) in [5.74, 6) is -1.69. The van der Waals surface area contributed by atoms with E-state index in [1.165, 1.54) is 0 Å². The van der Waals surface area contributed by atoms with Crippen molar-refractivity contribution in [1.82, 2.24) is 5.32 Å². The minimum absolute atomic E-state index is 0.350. The molecule has 2 amide bonds. The minimum atomic E-state index is -1.14. The summed E-state index contributed by atoms with van der Waals surface area (Å²) in [4.78, 5) is 35.7. The van der Waals surface area contributed by atoms with Gasteiger partial charge in [-0.25, -0.2) is 4.79 Å². The first-order chi connectivity index (χ1) is 10.2. The highest BCUT2D eigenvalue weighted by molar-refractivity contribution is 5.99. The van der Waals surface area contributed by atoms with Crippen LogP contribution in [0.2, 0.25) is 0 Å². The van der Waals surface area contributed by atoms with Gasteiger partial charge in [-0.3, -0.25) is 14.5 Å². The molecular weight excluding hydrogens is 288 g/mol. The van der Waals surface area contributed by atoms with Crippen LogP contribution in [0.3, 0.4) is 0 Å². The van der Waals surface area contributed by atoms with E-state index < -0.39 is 30.1 Å². The van der Waals surface area contributed by atoms with Crippen molar-refractivity contribution in [3.63, 3.8) is 0 Å². The van der Waals surface area contributed by atoms with Crippen LogP contribution in [0.4, 0.5) is 10.5 Å². The molecule has 0 aromatic heterocycles. The Morgan fingerprint density at radius 3 is 2.27 bits per heavy atom. The molecule has 0 radical (unpaired) electrons. The number of para-hydroxylation sites is 1. The highest BCUT2D eigenvalue weighted by atomic mass is 16.6.